The Hall–Kier alpha value is -2.88. The lowest BCUT2D eigenvalue weighted by Crippen LogP contribution is -2.28. The predicted molar refractivity (Wildman–Crippen MR) is 84.2 cm³/mol. The second-order valence-electron chi connectivity index (χ2n) is 5.10. The lowest BCUT2D eigenvalue weighted by Gasteiger charge is -2.20. The first kappa shape index (κ1) is 14.7. The van der Waals surface area contributed by atoms with Gasteiger partial charge >= 0.3 is 6.01 Å². The summed E-state index contributed by atoms with van der Waals surface area (Å²) in [7, 11) is 0. The molecule has 1 aliphatic heterocycles. The summed E-state index contributed by atoms with van der Waals surface area (Å²) in [6.07, 6.45) is 3.07. The maximum absolute atomic E-state index is 12.3. The van der Waals surface area contributed by atoms with Crippen molar-refractivity contribution in [1.82, 2.24) is 25.0 Å². The van der Waals surface area contributed by atoms with Crippen LogP contribution in [0.2, 0.25) is 0 Å². The largest absolute Gasteiger partial charge is 0.508 e. The van der Waals surface area contributed by atoms with Gasteiger partial charge < -0.3 is 14.1 Å². The van der Waals surface area contributed by atoms with E-state index in [1.165, 1.54) is 29.3 Å². The molecule has 1 aliphatic rings. The van der Waals surface area contributed by atoms with Crippen LogP contribution in [0.5, 0.6) is 5.75 Å². The third kappa shape index (κ3) is 2.60. The maximum Gasteiger partial charge on any atom is 0.326 e. The third-order valence-corrected chi connectivity index (χ3v) is 4.71. The van der Waals surface area contributed by atoms with Crippen LogP contribution in [0, 0.1) is 0 Å². The molecule has 0 saturated carbocycles. The summed E-state index contributed by atoms with van der Waals surface area (Å²) in [4.78, 5) is 13.7. The molecule has 2 aromatic heterocycles. The zero-order valence-electron chi connectivity index (χ0n) is 12.3. The zero-order valence-corrected chi connectivity index (χ0v) is 13.1. The molecule has 1 N–H and O–H groups in total. The number of carbonyl (C=O) groups is 1. The van der Waals surface area contributed by atoms with Gasteiger partial charge in [-0.05, 0) is 6.07 Å². The highest BCUT2D eigenvalue weighted by molar-refractivity contribution is 8.00. The molecule has 1 unspecified atom stereocenters. The number of hydrogen-bond acceptors (Lipinski definition) is 8. The smallest absolute Gasteiger partial charge is 0.326 e. The number of anilines is 1. The molecule has 1 fully saturated rings. The number of aromatic nitrogens is 5. The summed E-state index contributed by atoms with van der Waals surface area (Å²) in [5.41, 5.74) is 0.631. The molecular formula is C14H12N6O3S. The molecule has 1 amide bonds. The first-order chi connectivity index (χ1) is 11.7. The average molecular weight is 344 g/mol. The van der Waals surface area contributed by atoms with Crippen molar-refractivity contribution in [3.8, 4) is 5.75 Å². The van der Waals surface area contributed by atoms with E-state index >= 15 is 0 Å². The monoisotopic (exact) mass is 344 g/mol. The third-order valence-electron chi connectivity index (χ3n) is 3.52. The Balaban J connectivity index is 1.63. The van der Waals surface area contributed by atoms with Gasteiger partial charge in [0.1, 0.15) is 30.3 Å². The molecular weight excluding hydrogens is 332 g/mol. The van der Waals surface area contributed by atoms with Crippen molar-refractivity contribution in [3.63, 3.8) is 0 Å². The van der Waals surface area contributed by atoms with Gasteiger partial charge in [-0.2, -0.15) is 0 Å². The number of nitrogens with zero attached hydrogens (tertiary/aromatic N) is 6. The van der Waals surface area contributed by atoms with E-state index < -0.39 is 5.37 Å². The van der Waals surface area contributed by atoms with Gasteiger partial charge in [0.15, 0.2) is 0 Å². The van der Waals surface area contributed by atoms with Crippen molar-refractivity contribution in [2.45, 2.75) is 11.9 Å². The fourth-order valence-electron chi connectivity index (χ4n) is 2.42. The Labute approximate surface area is 140 Å². The molecule has 24 heavy (non-hydrogen) atoms. The molecule has 3 heterocycles. The number of thioether (sulfide) groups is 1. The average Bonchev–Trinajstić information content (AvgIpc) is 3.30. The Morgan fingerprint density at radius 2 is 2.04 bits per heavy atom. The van der Waals surface area contributed by atoms with Crippen LogP contribution < -0.4 is 4.90 Å². The van der Waals surface area contributed by atoms with E-state index in [0.717, 1.165) is 0 Å². The van der Waals surface area contributed by atoms with Gasteiger partial charge in [-0.15, -0.1) is 27.1 Å². The second-order valence-corrected chi connectivity index (χ2v) is 6.17. The number of aromatic hydroxyl groups is 1. The van der Waals surface area contributed by atoms with Gasteiger partial charge in [0.2, 0.25) is 11.8 Å². The van der Waals surface area contributed by atoms with E-state index in [0.29, 0.717) is 18.0 Å². The summed E-state index contributed by atoms with van der Waals surface area (Å²) in [6, 6.07) is 7.01. The van der Waals surface area contributed by atoms with E-state index in [-0.39, 0.29) is 23.4 Å². The summed E-state index contributed by atoms with van der Waals surface area (Å²) >= 11 is 1.40. The van der Waals surface area contributed by atoms with Crippen molar-refractivity contribution in [1.29, 1.82) is 0 Å². The lowest BCUT2D eigenvalue weighted by atomic mass is 10.2. The summed E-state index contributed by atoms with van der Waals surface area (Å²) in [5, 5.41) is 25.0. The van der Waals surface area contributed by atoms with E-state index in [1.807, 2.05) is 6.07 Å². The molecule has 3 aromatic rings. The molecule has 9 nitrogen and oxygen atoms in total. The molecule has 0 bridgehead atoms. The first-order valence-electron chi connectivity index (χ1n) is 7.09. The Kier molecular flexibility index (Phi) is 3.65. The Bertz CT molecular complexity index is 865. The molecule has 0 spiro atoms. The molecule has 1 atom stereocenters. The van der Waals surface area contributed by atoms with E-state index in [4.69, 9.17) is 4.42 Å². The van der Waals surface area contributed by atoms with Crippen LogP contribution in [-0.4, -0.2) is 41.7 Å². The number of carbonyl (C=O) groups excluding carboxylic acids is 1. The minimum absolute atomic E-state index is 0.112. The summed E-state index contributed by atoms with van der Waals surface area (Å²) in [5.74, 6) is 0.597. The fraction of sp³-hybridized carbons (Fsp3) is 0.214. The van der Waals surface area contributed by atoms with E-state index in [1.54, 1.807) is 22.8 Å². The maximum atomic E-state index is 12.3. The van der Waals surface area contributed by atoms with Gasteiger partial charge in [-0.25, -0.2) is 4.90 Å². The quantitative estimate of drug-likeness (QED) is 0.751. The number of rotatable bonds is 4. The molecule has 122 valence electrons. The standard InChI is InChI=1S/C14H12N6O3S/c21-10-4-2-1-3-9(10)13-20(12(22)6-24-13)14-18-17-11(23-14)5-19-7-15-16-8-19/h1-4,7-8,13,21H,5-6H2. The Morgan fingerprint density at radius 1 is 1.25 bits per heavy atom. The minimum Gasteiger partial charge on any atom is -0.508 e. The number of amides is 1. The molecule has 10 heteroatoms. The van der Waals surface area contributed by atoms with Crippen molar-refractivity contribution < 1.29 is 14.3 Å². The summed E-state index contributed by atoms with van der Waals surface area (Å²) < 4.78 is 7.29. The Morgan fingerprint density at radius 3 is 2.83 bits per heavy atom. The fourth-order valence-corrected chi connectivity index (χ4v) is 3.60. The highest BCUT2D eigenvalue weighted by atomic mass is 32.2. The van der Waals surface area contributed by atoms with Gasteiger partial charge in [-0.1, -0.05) is 23.3 Å². The van der Waals surface area contributed by atoms with Crippen molar-refractivity contribution in [2.75, 3.05) is 10.7 Å². The van der Waals surface area contributed by atoms with Crippen LogP contribution in [0.25, 0.3) is 0 Å². The number of hydrogen-bond donors (Lipinski definition) is 1. The topological polar surface area (TPSA) is 110 Å². The number of benzene rings is 1. The van der Waals surface area contributed by atoms with Crippen LogP contribution in [-0.2, 0) is 11.3 Å². The molecule has 1 aromatic carbocycles. The molecule has 0 aliphatic carbocycles. The van der Waals surface area contributed by atoms with Crippen LogP contribution in [0.15, 0.2) is 41.3 Å². The number of phenolic OH excluding ortho intramolecular Hbond substituents is 1. The predicted octanol–water partition coefficient (Wildman–Crippen LogP) is 1.19. The van der Waals surface area contributed by atoms with Crippen molar-refractivity contribution in [2.24, 2.45) is 0 Å². The zero-order chi connectivity index (χ0) is 16.5. The van der Waals surface area contributed by atoms with Crippen LogP contribution in [0.3, 0.4) is 0 Å². The van der Waals surface area contributed by atoms with E-state index in [2.05, 4.69) is 20.4 Å². The minimum atomic E-state index is -0.401. The molecule has 1 saturated heterocycles. The number of para-hydroxylation sites is 1. The highest BCUT2D eigenvalue weighted by Gasteiger charge is 2.38. The number of phenols is 1. The van der Waals surface area contributed by atoms with Crippen LogP contribution >= 0.6 is 11.8 Å². The first-order valence-corrected chi connectivity index (χ1v) is 8.13. The van der Waals surface area contributed by atoms with Gasteiger partial charge in [-0.3, -0.25) is 4.79 Å². The SMILES string of the molecule is O=C1CSC(c2ccccc2O)N1c1nnc(Cn2cnnc2)o1. The molecule has 4 rings (SSSR count). The van der Waals surface area contributed by atoms with Gasteiger partial charge in [0.05, 0.1) is 5.75 Å². The van der Waals surface area contributed by atoms with E-state index in [9.17, 15) is 9.90 Å². The highest BCUT2D eigenvalue weighted by Crippen LogP contribution is 2.43. The van der Waals surface area contributed by atoms with Crippen molar-refractivity contribution >= 4 is 23.7 Å². The van der Waals surface area contributed by atoms with Gasteiger partial charge in [0.25, 0.3) is 0 Å². The summed E-state index contributed by atoms with van der Waals surface area (Å²) in [6.45, 7) is 0.316. The van der Waals surface area contributed by atoms with Crippen LogP contribution in [0.4, 0.5) is 6.01 Å². The second kappa shape index (κ2) is 5.96. The van der Waals surface area contributed by atoms with Crippen molar-refractivity contribution in [3.05, 3.63) is 48.4 Å². The van der Waals surface area contributed by atoms with Crippen LogP contribution in [0.1, 0.15) is 16.8 Å². The normalized spacial score (nSPS) is 17.6. The van der Waals surface area contributed by atoms with Gasteiger partial charge in [0, 0.05) is 5.56 Å². The lowest BCUT2D eigenvalue weighted by molar-refractivity contribution is -0.116. The molecule has 0 radical (unpaired) electrons.